The standard InChI is InChI=1S/C40H43N5O5/c1-29(22-30-12-6-3-7-13-30)43-38(46)37(23-31-18-20-35(21-19-31)49-26-32-14-8-4-9-15-32)45(2)39(47)36(24-34-25-41-28-42-34)44-40(48)50-27-33-16-10-5-11-17-33/h3-21,25,28-29,36-37H,22-24,26-27H2,1-2H3,(H,41,42)(H,43,46)(H,44,48)/t29?,36-,37+/m0/s1. The number of alkyl carbamates (subject to hydrolysis) is 1. The van der Waals surface area contributed by atoms with Gasteiger partial charge in [-0.2, -0.15) is 0 Å². The Kier molecular flexibility index (Phi) is 12.8. The van der Waals surface area contributed by atoms with Gasteiger partial charge < -0.3 is 30.0 Å². The number of nitrogens with zero attached hydrogens (tertiary/aromatic N) is 2. The number of imidazole rings is 1. The zero-order valence-electron chi connectivity index (χ0n) is 28.3. The van der Waals surface area contributed by atoms with Gasteiger partial charge in [0.25, 0.3) is 0 Å². The molecule has 5 aromatic rings. The second kappa shape index (κ2) is 18.0. The molecule has 50 heavy (non-hydrogen) atoms. The van der Waals surface area contributed by atoms with Gasteiger partial charge in [-0.1, -0.05) is 103 Å². The second-order valence-electron chi connectivity index (χ2n) is 12.2. The lowest BCUT2D eigenvalue weighted by molar-refractivity contribution is -0.140. The van der Waals surface area contributed by atoms with Crippen molar-refractivity contribution in [1.82, 2.24) is 25.5 Å². The van der Waals surface area contributed by atoms with Gasteiger partial charge in [0, 0.05) is 37.8 Å². The maximum absolute atomic E-state index is 14.2. The fourth-order valence-corrected chi connectivity index (χ4v) is 5.57. The molecule has 258 valence electrons. The summed E-state index contributed by atoms with van der Waals surface area (Å²) in [5.41, 5.74) is 4.44. The van der Waals surface area contributed by atoms with E-state index < -0.39 is 24.1 Å². The summed E-state index contributed by atoms with van der Waals surface area (Å²) in [6.07, 6.45) is 3.33. The van der Waals surface area contributed by atoms with Gasteiger partial charge in [-0.3, -0.25) is 9.59 Å². The lowest BCUT2D eigenvalue weighted by atomic mass is 10.0. The van der Waals surface area contributed by atoms with Crippen LogP contribution in [0.2, 0.25) is 0 Å². The predicted molar refractivity (Wildman–Crippen MR) is 191 cm³/mol. The fraction of sp³-hybridized carbons (Fsp3) is 0.250. The van der Waals surface area contributed by atoms with Gasteiger partial charge in [-0.15, -0.1) is 0 Å². The lowest BCUT2D eigenvalue weighted by Gasteiger charge is -2.31. The van der Waals surface area contributed by atoms with Crippen molar-refractivity contribution in [3.8, 4) is 5.75 Å². The van der Waals surface area contributed by atoms with Crippen molar-refractivity contribution in [3.63, 3.8) is 0 Å². The number of amides is 3. The van der Waals surface area contributed by atoms with E-state index in [0.29, 0.717) is 24.5 Å². The Morgan fingerprint density at radius 3 is 1.90 bits per heavy atom. The zero-order valence-corrected chi connectivity index (χ0v) is 28.3. The van der Waals surface area contributed by atoms with Crippen LogP contribution in [0.15, 0.2) is 128 Å². The minimum atomic E-state index is -1.03. The van der Waals surface area contributed by atoms with Gasteiger partial charge in [0.05, 0.1) is 6.33 Å². The molecule has 0 bridgehead atoms. The predicted octanol–water partition coefficient (Wildman–Crippen LogP) is 5.64. The molecule has 3 atom stereocenters. The van der Waals surface area contributed by atoms with Crippen LogP contribution in [0.5, 0.6) is 5.75 Å². The summed E-state index contributed by atoms with van der Waals surface area (Å²) in [5.74, 6) is -0.0621. The van der Waals surface area contributed by atoms with Crippen molar-refractivity contribution in [2.45, 2.75) is 57.5 Å². The maximum Gasteiger partial charge on any atom is 0.408 e. The number of benzene rings is 4. The molecule has 0 saturated heterocycles. The van der Waals surface area contributed by atoms with Gasteiger partial charge in [0.15, 0.2) is 0 Å². The van der Waals surface area contributed by atoms with Gasteiger partial charge in [0.1, 0.15) is 31.0 Å². The molecule has 0 aliphatic rings. The molecule has 0 aliphatic carbocycles. The number of H-pyrrole nitrogens is 1. The van der Waals surface area contributed by atoms with Crippen LogP contribution in [0.25, 0.3) is 0 Å². The second-order valence-corrected chi connectivity index (χ2v) is 12.2. The van der Waals surface area contributed by atoms with Crippen LogP contribution in [-0.2, 0) is 46.8 Å². The number of hydrogen-bond donors (Lipinski definition) is 3. The molecule has 0 fully saturated rings. The van der Waals surface area contributed by atoms with Gasteiger partial charge in [-0.25, -0.2) is 9.78 Å². The Bertz CT molecular complexity index is 1770. The minimum Gasteiger partial charge on any atom is -0.489 e. The normalized spacial score (nSPS) is 12.6. The third kappa shape index (κ3) is 10.8. The Hall–Kier alpha value is -5.90. The lowest BCUT2D eigenvalue weighted by Crippen LogP contribution is -2.56. The highest BCUT2D eigenvalue weighted by Crippen LogP contribution is 2.18. The van der Waals surface area contributed by atoms with Crippen LogP contribution in [0.1, 0.15) is 34.9 Å². The molecule has 5 rings (SSSR count). The molecule has 0 spiro atoms. The van der Waals surface area contributed by atoms with Crippen LogP contribution in [-0.4, -0.2) is 57.9 Å². The van der Waals surface area contributed by atoms with E-state index in [-0.39, 0.29) is 31.4 Å². The Morgan fingerprint density at radius 2 is 1.30 bits per heavy atom. The quantitative estimate of drug-likeness (QED) is 0.125. The Balaban J connectivity index is 1.31. The first-order chi connectivity index (χ1) is 24.3. The molecule has 1 unspecified atom stereocenters. The van der Waals surface area contributed by atoms with Crippen LogP contribution in [0.3, 0.4) is 0 Å². The topological polar surface area (TPSA) is 126 Å². The number of rotatable bonds is 16. The largest absolute Gasteiger partial charge is 0.489 e. The maximum atomic E-state index is 14.2. The number of hydrogen-bond acceptors (Lipinski definition) is 6. The van der Waals surface area contributed by atoms with Crippen molar-refractivity contribution in [2.75, 3.05) is 7.05 Å². The molecular formula is C40H43N5O5. The highest BCUT2D eigenvalue weighted by Gasteiger charge is 2.33. The number of aromatic amines is 1. The summed E-state index contributed by atoms with van der Waals surface area (Å²) in [4.78, 5) is 49.6. The summed E-state index contributed by atoms with van der Waals surface area (Å²) in [6.45, 7) is 2.41. The van der Waals surface area contributed by atoms with Gasteiger partial charge >= 0.3 is 6.09 Å². The smallest absolute Gasteiger partial charge is 0.408 e. The van der Waals surface area contributed by atoms with E-state index in [1.54, 1.807) is 13.2 Å². The molecule has 4 aromatic carbocycles. The van der Waals surface area contributed by atoms with E-state index in [0.717, 1.165) is 22.3 Å². The molecule has 1 heterocycles. The van der Waals surface area contributed by atoms with E-state index >= 15 is 0 Å². The number of nitrogens with one attached hydrogen (secondary N) is 3. The number of ether oxygens (including phenoxy) is 2. The average Bonchev–Trinajstić information content (AvgIpc) is 3.66. The number of carbonyl (C=O) groups is 3. The Morgan fingerprint density at radius 1 is 0.720 bits per heavy atom. The van der Waals surface area contributed by atoms with Gasteiger partial charge in [-0.05, 0) is 47.7 Å². The first-order valence-electron chi connectivity index (χ1n) is 16.6. The fourth-order valence-electron chi connectivity index (χ4n) is 5.57. The molecule has 0 saturated carbocycles. The number of aromatic nitrogens is 2. The molecule has 1 aromatic heterocycles. The first-order valence-corrected chi connectivity index (χ1v) is 16.6. The minimum absolute atomic E-state index is 0.0445. The molecule has 0 radical (unpaired) electrons. The van der Waals surface area contributed by atoms with Crippen molar-refractivity contribution in [3.05, 3.63) is 156 Å². The number of carbonyl (C=O) groups excluding carboxylic acids is 3. The molecule has 3 N–H and O–H groups in total. The molecule has 3 amide bonds. The molecule has 0 aliphatic heterocycles. The van der Waals surface area contributed by atoms with Crippen LogP contribution in [0.4, 0.5) is 4.79 Å². The monoisotopic (exact) mass is 673 g/mol. The summed E-state index contributed by atoms with van der Waals surface area (Å²) in [7, 11) is 1.59. The van der Waals surface area contributed by atoms with Crippen molar-refractivity contribution in [2.24, 2.45) is 0 Å². The number of likely N-dealkylation sites (N-methyl/N-ethyl adjacent to an activating group) is 1. The average molecular weight is 674 g/mol. The Labute approximate surface area is 292 Å². The zero-order chi connectivity index (χ0) is 35.1. The summed E-state index contributed by atoms with van der Waals surface area (Å²) in [6, 6.07) is 34.5. The van der Waals surface area contributed by atoms with Crippen LogP contribution in [0, 0.1) is 0 Å². The van der Waals surface area contributed by atoms with E-state index in [1.165, 1.54) is 11.2 Å². The van der Waals surface area contributed by atoms with E-state index in [1.807, 2.05) is 122 Å². The SMILES string of the molecule is CC(Cc1ccccc1)NC(=O)[C@@H](Cc1ccc(OCc2ccccc2)cc1)N(C)C(=O)[C@H](Cc1cnc[nH]1)NC(=O)OCc1ccccc1. The third-order valence-corrected chi connectivity index (χ3v) is 8.27. The summed E-state index contributed by atoms with van der Waals surface area (Å²) < 4.78 is 11.4. The molecular weight excluding hydrogens is 630 g/mol. The molecule has 10 nitrogen and oxygen atoms in total. The highest BCUT2D eigenvalue weighted by atomic mass is 16.5. The van der Waals surface area contributed by atoms with Crippen molar-refractivity contribution < 1.29 is 23.9 Å². The summed E-state index contributed by atoms with van der Waals surface area (Å²) >= 11 is 0. The molecule has 10 heteroatoms. The first kappa shape index (κ1) is 35.4. The third-order valence-electron chi connectivity index (χ3n) is 8.27. The van der Waals surface area contributed by atoms with Crippen molar-refractivity contribution >= 4 is 17.9 Å². The van der Waals surface area contributed by atoms with E-state index in [2.05, 4.69) is 20.6 Å². The van der Waals surface area contributed by atoms with E-state index in [4.69, 9.17) is 9.47 Å². The van der Waals surface area contributed by atoms with Crippen LogP contribution >= 0.6 is 0 Å². The highest BCUT2D eigenvalue weighted by molar-refractivity contribution is 5.91. The van der Waals surface area contributed by atoms with Crippen molar-refractivity contribution in [1.29, 1.82) is 0 Å². The van der Waals surface area contributed by atoms with E-state index in [9.17, 15) is 14.4 Å². The van der Waals surface area contributed by atoms with Crippen LogP contribution < -0.4 is 15.4 Å². The van der Waals surface area contributed by atoms with Gasteiger partial charge in [0.2, 0.25) is 11.8 Å². The summed E-state index contributed by atoms with van der Waals surface area (Å²) in [5, 5.41) is 5.84.